The Balaban J connectivity index is 2.04. The van der Waals surface area contributed by atoms with E-state index in [0.29, 0.717) is 18.5 Å². The third-order valence-corrected chi connectivity index (χ3v) is 3.57. The molecular formula is C14H21NO2. The average molecular weight is 235 g/mol. The van der Waals surface area contributed by atoms with Crippen molar-refractivity contribution in [3.8, 4) is 0 Å². The van der Waals surface area contributed by atoms with Crippen LogP contribution in [-0.2, 0) is 11.3 Å². The van der Waals surface area contributed by atoms with Crippen LogP contribution in [0.3, 0.4) is 0 Å². The molecule has 3 nitrogen and oxygen atoms in total. The predicted octanol–water partition coefficient (Wildman–Crippen LogP) is 3.06. The highest BCUT2D eigenvalue weighted by Crippen LogP contribution is 2.30. The lowest BCUT2D eigenvalue weighted by Crippen LogP contribution is -2.38. The molecule has 0 N–H and O–H groups in total. The summed E-state index contributed by atoms with van der Waals surface area (Å²) in [5.41, 5.74) is 0. The normalized spacial score (nSPS) is 17.2. The van der Waals surface area contributed by atoms with Crippen LogP contribution in [0, 0.1) is 11.8 Å². The molecule has 1 atom stereocenters. The largest absolute Gasteiger partial charge is 0.467 e. The van der Waals surface area contributed by atoms with Crippen LogP contribution in [0.15, 0.2) is 22.8 Å². The number of nitrogens with zero attached hydrogens (tertiary/aromatic N) is 1. The minimum absolute atomic E-state index is 0.0885. The topological polar surface area (TPSA) is 33.5 Å². The average Bonchev–Trinajstić information content (AvgIpc) is 3.01. The molecule has 1 aliphatic carbocycles. The predicted molar refractivity (Wildman–Crippen MR) is 66.3 cm³/mol. The third-order valence-electron chi connectivity index (χ3n) is 3.57. The molecule has 1 amide bonds. The van der Waals surface area contributed by atoms with Gasteiger partial charge in [-0.3, -0.25) is 4.79 Å². The van der Waals surface area contributed by atoms with Crippen molar-refractivity contribution in [2.24, 2.45) is 11.8 Å². The molecule has 1 aromatic rings. The van der Waals surface area contributed by atoms with E-state index in [1.165, 1.54) is 0 Å². The lowest BCUT2D eigenvalue weighted by atomic mass is 9.96. The van der Waals surface area contributed by atoms with Gasteiger partial charge in [-0.25, -0.2) is 0 Å². The first-order chi connectivity index (χ1) is 8.09. The van der Waals surface area contributed by atoms with Gasteiger partial charge in [0.05, 0.1) is 12.8 Å². The Kier molecular flexibility index (Phi) is 3.55. The number of rotatable bonds is 5. The molecule has 1 heterocycles. The van der Waals surface area contributed by atoms with E-state index < -0.39 is 0 Å². The van der Waals surface area contributed by atoms with Gasteiger partial charge in [0.2, 0.25) is 5.91 Å². The summed E-state index contributed by atoms with van der Waals surface area (Å²) in [6, 6.07) is 4.24. The number of carbonyl (C=O) groups is 1. The summed E-state index contributed by atoms with van der Waals surface area (Å²) in [6.45, 7) is 6.83. The second-order valence-electron chi connectivity index (χ2n) is 5.31. The zero-order valence-electron chi connectivity index (χ0n) is 10.8. The van der Waals surface area contributed by atoms with Gasteiger partial charge >= 0.3 is 0 Å². The molecule has 0 saturated heterocycles. The standard InChI is InChI=1S/C14H21NO2/c1-10(2)11(3)14(16)15(12-6-7-12)9-13-5-4-8-17-13/h4-5,8,10-12H,6-7,9H2,1-3H3. The van der Waals surface area contributed by atoms with Gasteiger partial charge in [-0.2, -0.15) is 0 Å². The van der Waals surface area contributed by atoms with Gasteiger partial charge in [0, 0.05) is 12.0 Å². The van der Waals surface area contributed by atoms with E-state index in [0.717, 1.165) is 18.6 Å². The second-order valence-corrected chi connectivity index (χ2v) is 5.31. The van der Waals surface area contributed by atoms with Gasteiger partial charge in [0.25, 0.3) is 0 Å². The molecule has 1 saturated carbocycles. The molecule has 0 aliphatic heterocycles. The quantitative estimate of drug-likeness (QED) is 0.786. The fraction of sp³-hybridized carbons (Fsp3) is 0.643. The van der Waals surface area contributed by atoms with Crippen molar-refractivity contribution in [2.75, 3.05) is 0 Å². The molecule has 0 bridgehead atoms. The Morgan fingerprint density at radius 3 is 2.65 bits per heavy atom. The molecule has 1 aromatic heterocycles. The molecule has 17 heavy (non-hydrogen) atoms. The molecule has 3 heteroatoms. The van der Waals surface area contributed by atoms with E-state index in [4.69, 9.17) is 4.42 Å². The summed E-state index contributed by atoms with van der Waals surface area (Å²) in [4.78, 5) is 14.4. The molecule has 0 aromatic carbocycles. The molecule has 0 spiro atoms. The van der Waals surface area contributed by atoms with E-state index in [9.17, 15) is 4.79 Å². The summed E-state index contributed by atoms with van der Waals surface area (Å²) < 4.78 is 5.34. The monoisotopic (exact) mass is 235 g/mol. The Hall–Kier alpha value is -1.25. The van der Waals surface area contributed by atoms with E-state index in [1.54, 1.807) is 6.26 Å². The van der Waals surface area contributed by atoms with Crippen molar-refractivity contribution in [3.05, 3.63) is 24.2 Å². The maximum absolute atomic E-state index is 12.4. The van der Waals surface area contributed by atoms with Crippen molar-refractivity contribution in [2.45, 2.75) is 46.2 Å². The van der Waals surface area contributed by atoms with Crippen molar-refractivity contribution in [1.82, 2.24) is 4.90 Å². The number of furan rings is 1. The number of carbonyl (C=O) groups excluding carboxylic acids is 1. The third kappa shape index (κ3) is 2.90. The molecular weight excluding hydrogens is 214 g/mol. The van der Waals surface area contributed by atoms with E-state index >= 15 is 0 Å². The SMILES string of the molecule is CC(C)C(C)C(=O)N(Cc1ccco1)C1CC1. The number of hydrogen-bond donors (Lipinski definition) is 0. The molecule has 94 valence electrons. The Bertz CT molecular complexity index is 366. The fourth-order valence-corrected chi connectivity index (χ4v) is 1.89. The smallest absolute Gasteiger partial charge is 0.226 e. The maximum Gasteiger partial charge on any atom is 0.226 e. The van der Waals surface area contributed by atoms with E-state index in [1.807, 2.05) is 24.0 Å². The minimum Gasteiger partial charge on any atom is -0.467 e. The van der Waals surface area contributed by atoms with Gasteiger partial charge in [-0.05, 0) is 30.9 Å². The highest BCUT2D eigenvalue weighted by Gasteiger charge is 2.35. The maximum atomic E-state index is 12.4. The van der Waals surface area contributed by atoms with Crippen LogP contribution in [-0.4, -0.2) is 16.8 Å². The van der Waals surface area contributed by atoms with Crippen molar-refractivity contribution in [3.63, 3.8) is 0 Å². The van der Waals surface area contributed by atoms with Crippen molar-refractivity contribution >= 4 is 5.91 Å². The Morgan fingerprint density at radius 2 is 2.18 bits per heavy atom. The molecule has 1 aliphatic rings. The van der Waals surface area contributed by atoms with Crippen LogP contribution in [0.25, 0.3) is 0 Å². The Labute approximate surface area is 103 Å². The number of amides is 1. The fourth-order valence-electron chi connectivity index (χ4n) is 1.89. The van der Waals surface area contributed by atoms with Gasteiger partial charge in [0.1, 0.15) is 5.76 Å². The molecule has 2 rings (SSSR count). The molecule has 1 unspecified atom stereocenters. The van der Waals surface area contributed by atoms with Gasteiger partial charge in [0.15, 0.2) is 0 Å². The minimum atomic E-state index is 0.0885. The van der Waals surface area contributed by atoms with Crippen LogP contribution >= 0.6 is 0 Å². The first kappa shape index (κ1) is 12.2. The van der Waals surface area contributed by atoms with Crippen LogP contribution in [0.2, 0.25) is 0 Å². The van der Waals surface area contributed by atoms with Crippen LogP contribution in [0.4, 0.5) is 0 Å². The Morgan fingerprint density at radius 1 is 1.47 bits per heavy atom. The molecule has 0 radical (unpaired) electrons. The highest BCUT2D eigenvalue weighted by molar-refractivity contribution is 5.79. The molecule has 1 fully saturated rings. The van der Waals surface area contributed by atoms with Crippen LogP contribution in [0.5, 0.6) is 0 Å². The summed E-state index contributed by atoms with van der Waals surface area (Å²) in [6.07, 6.45) is 3.94. The summed E-state index contributed by atoms with van der Waals surface area (Å²) in [5, 5.41) is 0. The van der Waals surface area contributed by atoms with Crippen molar-refractivity contribution < 1.29 is 9.21 Å². The van der Waals surface area contributed by atoms with E-state index in [2.05, 4.69) is 13.8 Å². The first-order valence-electron chi connectivity index (χ1n) is 6.42. The van der Waals surface area contributed by atoms with Gasteiger partial charge in [-0.15, -0.1) is 0 Å². The number of hydrogen-bond acceptors (Lipinski definition) is 2. The zero-order valence-corrected chi connectivity index (χ0v) is 10.8. The van der Waals surface area contributed by atoms with E-state index in [-0.39, 0.29) is 11.8 Å². The lowest BCUT2D eigenvalue weighted by Gasteiger charge is -2.26. The summed E-state index contributed by atoms with van der Waals surface area (Å²) >= 11 is 0. The first-order valence-corrected chi connectivity index (χ1v) is 6.42. The van der Waals surface area contributed by atoms with Crippen LogP contribution < -0.4 is 0 Å². The van der Waals surface area contributed by atoms with Gasteiger partial charge < -0.3 is 9.32 Å². The summed E-state index contributed by atoms with van der Waals surface area (Å²) in [7, 11) is 0. The lowest BCUT2D eigenvalue weighted by molar-refractivity contribution is -0.137. The second kappa shape index (κ2) is 4.94. The van der Waals surface area contributed by atoms with Crippen molar-refractivity contribution in [1.29, 1.82) is 0 Å². The summed E-state index contributed by atoms with van der Waals surface area (Å²) in [5.74, 6) is 1.62. The van der Waals surface area contributed by atoms with Gasteiger partial charge in [-0.1, -0.05) is 20.8 Å². The zero-order chi connectivity index (χ0) is 12.4. The highest BCUT2D eigenvalue weighted by atomic mass is 16.3. The van der Waals surface area contributed by atoms with Crippen LogP contribution in [0.1, 0.15) is 39.4 Å².